The number of hydrogen-bond acceptors (Lipinski definition) is 5. The third kappa shape index (κ3) is 4.68. The number of rotatable bonds is 6. The number of imidazole rings is 1. The van der Waals surface area contributed by atoms with Crippen LogP contribution in [-0.2, 0) is 4.79 Å². The van der Waals surface area contributed by atoms with Crippen LogP contribution in [0.1, 0.15) is 6.92 Å². The number of benzene rings is 2. The number of nitro groups is 1. The number of nitrogens with zero attached hydrogens (tertiary/aromatic N) is 2. The van der Waals surface area contributed by atoms with Crippen molar-refractivity contribution in [2.24, 2.45) is 0 Å². The number of thioether (sulfide) groups is 1. The van der Waals surface area contributed by atoms with Gasteiger partial charge in [-0.25, -0.2) is 9.37 Å². The van der Waals surface area contributed by atoms with Gasteiger partial charge in [-0.2, -0.15) is 0 Å². The molecule has 0 spiro atoms. The Morgan fingerprint density at radius 3 is 2.71 bits per heavy atom. The first-order valence-corrected chi connectivity index (χ1v) is 9.31. The van der Waals surface area contributed by atoms with E-state index in [1.165, 1.54) is 42.1 Å². The van der Waals surface area contributed by atoms with E-state index in [0.717, 1.165) is 5.56 Å². The van der Waals surface area contributed by atoms with E-state index in [1.54, 1.807) is 25.3 Å². The van der Waals surface area contributed by atoms with Crippen molar-refractivity contribution in [3.63, 3.8) is 0 Å². The molecule has 2 aromatic carbocycles. The van der Waals surface area contributed by atoms with Crippen LogP contribution in [0.2, 0.25) is 5.02 Å². The molecule has 3 rings (SSSR count). The largest absolute Gasteiger partial charge is 0.333 e. The Bertz CT molecular complexity index is 1030. The van der Waals surface area contributed by atoms with Gasteiger partial charge < -0.3 is 10.3 Å². The molecule has 3 aromatic rings. The van der Waals surface area contributed by atoms with E-state index in [9.17, 15) is 19.3 Å². The number of nitrogens with one attached hydrogen (secondary N) is 2. The number of carbonyl (C=O) groups is 1. The van der Waals surface area contributed by atoms with Gasteiger partial charge in [0.1, 0.15) is 5.82 Å². The molecular formula is C18H14ClFN4O3S. The molecule has 0 aliphatic heterocycles. The smallest absolute Gasteiger partial charge is 0.271 e. The zero-order valence-corrected chi connectivity index (χ0v) is 16.1. The number of halogens is 2. The average Bonchev–Trinajstić information content (AvgIpc) is 3.12. The van der Waals surface area contributed by atoms with Crippen molar-refractivity contribution < 1.29 is 14.1 Å². The molecule has 1 atom stereocenters. The second-order valence-corrected chi connectivity index (χ2v) is 7.52. The molecule has 0 fully saturated rings. The number of nitro benzene ring substituents is 1. The topological polar surface area (TPSA) is 101 Å². The molecule has 144 valence electrons. The number of hydrogen-bond donors (Lipinski definition) is 2. The molecule has 28 heavy (non-hydrogen) atoms. The van der Waals surface area contributed by atoms with E-state index < -0.39 is 10.2 Å². The Labute approximate surface area is 168 Å². The predicted octanol–water partition coefficient (Wildman–Crippen LogP) is 4.90. The van der Waals surface area contributed by atoms with Gasteiger partial charge in [0.25, 0.3) is 5.69 Å². The summed E-state index contributed by atoms with van der Waals surface area (Å²) >= 11 is 7.18. The minimum absolute atomic E-state index is 0.166. The number of anilines is 1. The van der Waals surface area contributed by atoms with Crippen LogP contribution < -0.4 is 5.32 Å². The van der Waals surface area contributed by atoms with E-state index in [2.05, 4.69) is 15.3 Å². The molecule has 1 aromatic heterocycles. The van der Waals surface area contributed by atoms with Crippen LogP contribution in [0.3, 0.4) is 0 Å². The number of amides is 1. The number of H-pyrrole nitrogens is 1. The summed E-state index contributed by atoms with van der Waals surface area (Å²) in [5.41, 5.74) is 1.45. The van der Waals surface area contributed by atoms with E-state index in [-0.39, 0.29) is 28.1 Å². The second-order valence-electron chi connectivity index (χ2n) is 5.78. The van der Waals surface area contributed by atoms with Crippen molar-refractivity contribution in [1.29, 1.82) is 0 Å². The molecule has 1 unspecified atom stereocenters. The van der Waals surface area contributed by atoms with E-state index in [0.29, 0.717) is 10.9 Å². The lowest BCUT2D eigenvalue weighted by atomic mass is 10.2. The van der Waals surface area contributed by atoms with Crippen LogP contribution in [0.15, 0.2) is 53.8 Å². The third-order valence-electron chi connectivity index (χ3n) is 3.78. The van der Waals surface area contributed by atoms with Gasteiger partial charge >= 0.3 is 0 Å². The molecule has 0 radical (unpaired) electrons. The average molecular weight is 421 g/mol. The fraction of sp³-hybridized carbons (Fsp3) is 0.111. The van der Waals surface area contributed by atoms with Gasteiger partial charge in [0.15, 0.2) is 5.16 Å². The zero-order chi connectivity index (χ0) is 20.3. The molecule has 0 bridgehead atoms. The summed E-state index contributed by atoms with van der Waals surface area (Å²) < 4.78 is 13.0. The SMILES string of the molecule is CC(Sc1ncc(-c2ccc(F)cc2)[nH]1)C(=O)Nc1cc([N+](=O)[O-])ccc1Cl. The summed E-state index contributed by atoms with van der Waals surface area (Å²) in [7, 11) is 0. The lowest BCUT2D eigenvalue weighted by Gasteiger charge is -2.11. The van der Waals surface area contributed by atoms with Gasteiger partial charge in [-0.3, -0.25) is 14.9 Å². The highest BCUT2D eigenvalue weighted by Crippen LogP contribution is 2.29. The monoisotopic (exact) mass is 420 g/mol. The van der Waals surface area contributed by atoms with Crippen molar-refractivity contribution in [2.75, 3.05) is 5.32 Å². The van der Waals surface area contributed by atoms with Gasteiger partial charge in [-0.15, -0.1) is 0 Å². The number of carbonyl (C=O) groups excluding carboxylic acids is 1. The van der Waals surface area contributed by atoms with Gasteiger partial charge in [-0.05, 0) is 42.8 Å². The third-order valence-corrected chi connectivity index (χ3v) is 5.11. The number of non-ortho nitro benzene ring substituents is 1. The highest BCUT2D eigenvalue weighted by atomic mass is 35.5. The first-order valence-electron chi connectivity index (χ1n) is 8.06. The maximum Gasteiger partial charge on any atom is 0.271 e. The summed E-state index contributed by atoms with van der Waals surface area (Å²) in [6.45, 7) is 1.67. The summed E-state index contributed by atoms with van der Waals surface area (Å²) in [5, 5.41) is 13.6. The van der Waals surface area contributed by atoms with E-state index >= 15 is 0 Å². The lowest BCUT2D eigenvalue weighted by molar-refractivity contribution is -0.384. The highest BCUT2D eigenvalue weighted by Gasteiger charge is 2.19. The van der Waals surface area contributed by atoms with Crippen LogP contribution in [0, 0.1) is 15.9 Å². The molecule has 0 saturated heterocycles. The van der Waals surface area contributed by atoms with Crippen LogP contribution in [0.25, 0.3) is 11.3 Å². The molecule has 10 heteroatoms. The highest BCUT2D eigenvalue weighted by molar-refractivity contribution is 8.00. The maximum atomic E-state index is 13.0. The molecule has 1 amide bonds. The normalized spacial score (nSPS) is 11.8. The van der Waals surface area contributed by atoms with Crippen molar-refractivity contribution >= 4 is 40.6 Å². The summed E-state index contributed by atoms with van der Waals surface area (Å²) in [5.74, 6) is -0.713. The first-order chi connectivity index (χ1) is 13.3. The molecule has 0 aliphatic rings. The van der Waals surface area contributed by atoms with Crippen LogP contribution >= 0.6 is 23.4 Å². The number of aromatic amines is 1. The molecule has 0 saturated carbocycles. The minimum Gasteiger partial charge on any atom is -0.333 e. The minimum atomic E-state index is -0.565. The Morgan fingerprint density at radius 1 is 1.32 bits per heavy atom. The van der Waals surface area contributed by atoms with E-state index in [4.69, 9.17) is 11.6 Å². The van der Waals surface area contributed by atoms with Crippen molar-refractivity contribution in [2.45, 2.75) is 17.3 Å². The molecule has 7 nitrogen and oxygen atoms in total. The molecule has 0 aliphatic carbocycles. The Hall–Kier alpha value is -2.91. The Balaban J connectivity index is 1.67. The van der Waals surface area contributed by atoms with Crippen LogP contribution in [-0.4, -0.2) is 26.0 Å². The quantitative estimate of drug-likeness (QED) is 0.335. The van der Waals surface area contributed by atoms with Crippen molar-refractivity contribution in [1.82, 2.24) is 9.97 Å². The maximum absolute atomic E-state index is 13.0. The fourth-order valence-electron chi connectivity index (χ4n) is 2.32. The zero-order valence-electron chi connectivity index (χ0n) is 14.5. The molecule has 1 heterocycles. The summed E-state index contributed by atoms with van der Waals surface area (Å²) in [6, 6.07) is 9.76. The van der Waals surface area contributed by atoms with Gasteiger partial charge in [-0.1, -0.05) is 23.4 Å². The van der Waals surface area contributed by atoms with Crippen LogP contribution in [0.5, 0.6) is 0 Å². The van der Waals surface area contributed by atoms with E-state index in [1.807, 2.05) is 0 Å². The molecule has 2 N–H and O–H groups in total. The number of aromatic nitrogens is 2. The lowest BCUT2D eigenvalue weighted by Crippen LogP contribution is -2.22. The summed E-state index contributed by atoms with van der Waals surface area (Å²) in [6.07, 6.45) is 1.59. The van der Waals surface area contributed by atoms with Crippen LogP contribution in [0.4, 0.5) is 15.8 Å². The van der Waals surface area contributed by atoms with Gasteiger partial charge in [0.05, 0.1) is 32.8 Å². The second kappa shape index (κ2) is 8.41. The standard InChI is InChI=1S/C18H14ClFN4O3S/c1-10(17(25)22-15-8-13(24(26)27)6-7-14(15)19)28-18-21-9-16(23-18)11-2-4-12(20)5-3-11/h2-10H,1H3,(H,21,23)(H,22,25). The predicted molar refractivity (Wildman–Crippen MR) is 106 cm³/mol. The fourth-order valence-corrected chi connectivity index (χ4v) is 3.27. The Kier molecular flexibility index (Phi) is 5.96. The van der Waals surface area contributed by atoms with Crippen molar-refractivity contribution in [3.05, 3.63) is 69.6 Å². The summed E-state index contributed by atoms with van der Waals surface area (Å²) in [4.78, 5) is 30.0. The first kappa shape index (κ1) is 19.8. The van der Waals surface area contributed by atoms with Gasteiger partial charge in [0, 0.05) is 12.1 Å². The van der Waals surface area contributed by atoms with Crippen molar-refractivity contribution in [3.8, 4) is 11.3 Å². The van der Waals surface area contributed by atoms with Gasteiger partial charge in [0.2, 0.25) is 5.91 Å². The Morgan fingerprint density at radius 2 is 2.04 bits per heavy atom. The molecular weight excluding hydrogens is 407 g/mol.